The van der Waals surface area contributed by atoms with Gasteiger partial charge in [-0.2, -0.15) is 0 Å². The summed E-state index contributed by atoms with van der Waals surface area (Å²) in [7, 11) is 0. The molecule has 2 aliphatic heterocycles. The van der Waals surface area contributed by atoms with Crippen LogP contribution in [0.25, 0.3) is 0 Å². The highest BCUT2D eigenvalue weighted by Crippen LogP contribution is 2.45. The number of urea groups is 1. The molecule has 0 aliphatic carbocycles. The van der Waals surface area contributed by atoms with E-state index in [4.69, 9.17) is 11.6 Å². The fourth-order valence-corrected chi connectivity index (χ4v) is 3.25. The number of carbonyl (C=O) groups excluding carboxylic acids is 3. The molecule has 6 nitrogen and oxygen atoms in total. The Balaban J connectivity index is 2.26. The van der Waals surface area contributed by atoms with Crippen LogP contribution in [0, 0.1) is 6.92 Å². The van der Waals surface area contributed by atoms with E-state index in [0.717, 1.165) is 5.56 Å². The van der Waals surface area contributed by atoms with Crippen molar-refractivity contribution in [2.45, 2.75) is 19.4 Å². The second-order valence-corrected chi connectivity index (χ2v) is 5.70. The SMILES string of the molecule is CC=CCN1C(=O)C2(NC(=O)NC2=O)c2cc(Cl)cc(C)c21. The number of amides is 4. The molecule has 114 valence electrons. The van der Waals surface area contributed by atoms with Crippen LogP contribution in [-0.4, -0.2) is 24.4 Å². The van der Waals surface area contributed by atoms with E-state index in [1.807, 2.05) is 26.0 Å². The van der Waals surface area contributed by atoms with Crippen LogP contribution in [0.4, 0.5) is 10.5 Å². The summed E-state index contributed by atoms with van der Waals surface area (Å²) in [5.74, 6) is -1.15. The minimum atomic E-state index is -1.72. The Labute approximate surface area is 132 Å². The first-order chi connectivity index (χ1) is 10.4. The molecule has 1 aromatic carbocycles. The van der Waals surface area contributed by atoms with Crippen molar-refractivity contribution in [3.63, 3.8) is 0 Å². The average molecular weight is 320 g/mol. The number of nitrogens with zero attached hydrogens (tertiary/aromatic N) is 1. The lowest BCUT2D eigenvalue weighted by atomic mass is 9.90. The Kier molecular flexibility index (Phi) is 3.21. The normalized spacial score (nSPS) is 23.4. The molecule has 0 aromatic heterocycles. The first-order valence-corrected chi connectivity index (χ1v) is 7.17. The number of nitrogens with one attached hydrogen (secondary N) is 2. The van der Waals surface area contributed by atoms with Crippen molar-refractivity contribution in [3.8, 4) is 0 Å². The third-order valence-corrected chi connectivity index (χ3v) is 4.12. The van der Waals surface area contributed by atoms with Crippen molar-refractivity contribution in [1.29, 1.82) is 0 Å². The Morgan fingerprint density at radius 3 is 2.64 bits per heavy atom. The molecule has 2 heterocycles. The van der Waals surface area contributed by atoms with Crippen LogP contribution >= 0.6 is 11.6 Å². The monoisotopic (exact) mass is 319 g/mol. The minimum Gasteiger partial charge on any atom is -0.312 e. The summed E-state index contributed by atoms with van der Waals surface area (Å²) in [6, 6.07) is 2.60. The van der Waals surface area contributed by atoms with Gasteiger partial charge in [-0.3, -0.25) is 14.9 Å². The summed E-state index contributed by atoms with van der Waals surface area (Å²) in [6.07, 6.45) is 3.62. The van der Waals surface area contributed by atoms with E-state index in [1.165, 1.54) is 4.90 Å². The average Bonchev–Trinajstić information content (AvgIpc) is 2.86. The van der Waals surface area contributed by atoms with E-state index in [2.05, 4.69) is 10.6 Å². The summed E-state index contributed by atoms with van der Waals surface area (Å²) in [6.45, 7) is 3.97. The second kappa shape index (κ2) is 4.84. The van der Waals surface area contributed by atoms with Crippen LogP contribution < -0.4 is 15.5 Å². The third kappa shape index (κ3) is 1.77. The molecule has 4 amide bonds. The van der Waals surface area contributed by atoms with Crippen LogP contribution in [0.15, 0.2) is 24.3 Å². The van der Waals surface area contributed by atoms with Gasteiger partial charge in [0.15, 0.2) is 0 Å². The number of rotatable bonds is 2. The fourth-order valence-electron chi connectivity index (χ4n) is 2.98. The molecule has 1 aromatic rings. The molecule has 22 heavy (non-hydrogen) atoms. The van der Waals surface area contributed by atoms with Crippen molar-refractivity contribution in [1.82, 2.24) is 10.6 Å². The molecule has 0 radical (unpaired) electrons. The van der Waals surface area contributed by atoms with E-state index in [0.29, 0.717) is 22.8 Å². The van der Waals surface area contributed by atoms with Crippen molar-refractivity contribution in [2.75, 3.05) is 11.4 Å². The summed E-state index contributed by atoms with van der Waals surface area (Å²) in [5.41, 5.74) is 0.0790. The van der Waals surface area contributed by atoms with Gasteiger partial charge in [0, 0.05) is 17.1 Å². The largest absolute Gasteiger partial charge is 0.323 e. The lowest BCUT2D eigenvalue weighted by molar-refractivity contribution is -0.133. The quantitative estimate of drug-likeness (QED) is 0.494. The lowest BCUT2D eigenvalue weighted by Crippen LogP contribution is -2.52. The number of halogens is 1. The van der Waals surface area contributed by atoms with E-state index >= 15 is 0 Å². The van der Waals surface area contributed by atoms with Gasteiger partial charge in [-0.15, -0.1) is 0 Å². The number of hydrogen-bond donors (Lipinski definition) is 2. The highest BCUT2D eigenvalue weighted by molar-refractivity contribution is 6.32. The summed E-state index contributed by atoms with van der Waals surface area (Å²) in [4.78, 5) is 38.3. The maximum atomic E-state index is 12.9. The fraction of sp³-hybridized carbons (Fsp3) is 0.267. The molecule has 0 saturated carbocycles. The number of hydrogen-bond acceptors (Lipinski definition) is 3. The number of aryl methyl sites for hydroxylation is 1. The van der Waals surface area contributed by atoms with E-state index in [1.54, 1.807) is 12.1 Å². The maximum absolute atomic E-state index is 12.9. The van der Waals surface area contributed by atoms with Crippen LogP contribution in [0.5, 0.6) is 0 Å². The number of fused-ring (bicyclic) bond motifs is 2. The van der Waals surface area contributed by atoms with Crippen molar-refractivity contribution < 1.29 is 14.4 Å². The third-order valence-electron chi connectivity index (χ3n) is 3.90. The topological polar surface area (TPSA) is 78.5 Å². The molecule has 0 bridgehead atoms. The van der Waals surface area contributed by atoms with Gasteiger partial charge in [-0.25, -0.2) is 4.79 Å². The van der Waals surface area contributed by atoms with Gasteiger partial charge in [0.1, 0.15) is 0 Å². The van der Waals surface area contributed by atoms with Gasteiger partial charge in [0.2, 0.25) is 5.54 Å². The predicted molar refractivity (Wildman–Crippen MR) is 81.7 cm³/mol. The van der Waals surface area contributed by atoms with Gasteiger partial charge in [-0.1, -0.05) is 23.8 Å². The first kappa shape index (κ1) is 14.6. The van der Waals surface area contributed by atoms with Crippen LogP contribution in [-0.2, 0) is 15.1 Å². The predicted octanol–water partition coefficient (Wildman–Crippen LogP) is 1.61. The van der Waals surface area contributed by atoms with Crippen molar-refractivity contribution in [3.05, 3.63) is 40.4 Å². The number of anilines is 1. The smallest absolute Gasteiger partial charge is 0.312 e. The molecule has 1 saturated heterocycles. The molecule has 1 unspecified atom stereocenters. The molecule has 2 aliphatic rings. The van der Waals surface area contributed by atoms with Crippen LogP contribution in [0.3, 0.4) is 0 Å². The zero-order chi connectivity index (χ0) is 16.1. The maximum Gasteiger partial charge on any atom is 0.323 e. The van der Waals surface area contributed by atoms with Crippen molar-refractivity contribution >= 4 is 35.1 Å². The second-order valence-electron chi connectivity index (χ2n) is 5.26. The number of benzene rings is 1. The standard InChI is InChI=1S/C15H14ClN3O3/c1-3-4-5-19-11-8(2)6-9(16)7-10(11)15(13(19)21)12(20)17-14(22)18-15/h3-4,6-7H,5H2,1-2H3,(H2,17,18,20,22). The first-order valence-electron chi connectivity index (χ1n) is 6.79. The Morgan fingerprint density at radius 1 is 1.32 bits per heavy atom. The molecule has 1 fully saturated rings. The van der Waals surface area contributed by atoms with E-state index < -0.39 is 23.4 Å². The summed E-state index contributed by atoms with van der Waals surface area (Å²) in [5, 5.41) is 5.02. The number of carbonyl (C=O) groups is 3. The summed E-state index contributed by atoms with van der Waals surface area (Å²) >= 11 is 6.09. The lowest BCUT2D eigenvalue weighted by Gasteiger charge is -2.20. The van der Waals surface area contributed by atoms with E-state index in [9.17, 15) is 14.4 Å². The molecule has 2 N–H and O–H groups in total. The van der Waals surface area contributed by atoms with Crippen LogP contribution in [0.2, 0.25) is 5.02 Å². The van der Waals surface area contributed by atoms with Crippen molar-refractivity contribution in [2.24, 2.45) is 0 Å². The van der Waals surface area contributed by atoms with Gasteiger partial charge in [0.25, 0.3) is 11.8 Å². The highest BCUT2D eigenvalue weighted by Gasteiger charge is 2.61. The van der Waals surface area contributed by atoms with Gasteiger partial charge >= 0.3 is 6.03 Å². The minimum absolute atomic E-state index is 0.315. The van der Waals surface area contributed by atoms with Gasteiger partial charge in [-0.05, 0) is 31.5 Å². The van der Waals surface area contributed by atoms with E-state index in [-0.39, 0.29) is 0 Å². The number of imide groups is 1. The van der Waals surface area contributed by atoms with Gasteiger partial charge in [0.05, 0.1) is 5.69 Å². The zero-order valence-corrected chi connectivity index (χ0v) is 12.8. The number of allylic oxidation sites excluding steroid dienone is 1. The molecule has 1 atom stereocenters. The zero-order valence-electron chi connectivity index (χ0n) is 12.1. The Morgan fingerprint density at radius 2 is 2.05 bits per heavy atom. The molecular weight excluding hydrogens is 306 g/mol. The molecular formula is C15H14ClN3O3. The molecule has 1 spiro atoms. The molecule has 7 heteroatoms. The summed E-state index contributed by atoms with van der Waals surface area (Å²) < 4.78 is 0. The Bertz CT molecular complexity index is 744. The highest BCUT2D eigenvalue weighted by atomic mass is 35.5. The molecule has 3 rings (SSSR count). The van der Waals surface area contributed by atoms with Crippen LogP contribution in [0.1, 0.15) is 18.1 Å². The Hall–Kier alpha value is -2.34. The van der Waals surface area contributed by atoms with Gasteiger partial charge < -0.3 is 10.2 Å².